The molecule has 0 radical (unpaired) electrons. The van der Waals surface area contributed by atoms with Gasteiger partial charge in [0.25, 0.3) is 0 Å². The molecule has 1 aliphatic rings. The first-order valence-electron chi connectivity index (χ1n) is 2.41. The van der Waals surface area contributed by atoms with Crippen molar-refractivity contribution in [1.29, 1.82) is 0 Å². The van der Waals surface area contributed by atoms with Crippen molar-refractivity contribution in [3.05, 3.63) is 5.70 Å². The lowest BCUT2D eigenvalue weighted by molar-refractivity contribution is 0.565. The highest BCUT2D eigenvalue weighted by molar-refractivity contribution is 5.51. The zero-order valence-corrected chi connectivity index (χ0v) is 4.03. The smallest absolute Gasteiger partial charge is 0.145 e. The van der Waals surface area contributed by atoms with Crippen LogP contribution in [-0.4, -0.2) is 12.5 Å². The summed E-state index contributed by atoms with van der Waals surface area (Å²) in [7, 11) is 0. The highest BCUT2D eigenvalue weighted by atomic mass is 16.1. The molecule has 1 saturated heterocycles. The van der Waals surface area contributed by atoms with E-state index in [1.165, 1.54) is 0 Å². The number of carbonyl (C=O) groups excluding carboxylic acids is 1. The van der Waals surface area contributed by atoms with Gasteiger partial charge in [-0.05, 0) is 12.8 Å². The van der Waals surface area contributed by atoms with E-state index in [0.717, 1.165) is 25.1 Å². The van der Waals surface area contributed by atoms with Gasteiger partial charge in [-0.3, -0.25) is 0 Å². The lowest BCUT2D eigenvalue weighted by Gasteiger charge is -1.84. The summed E-state index contributed by atoms with van der Waals surface area (Å²) in [4.78, 5) is 9.78. The second-order valence-corrected chi connectivity index (χ2v) is 1.61. The molecule has 0 amide bonds. The van der Waals surface area contributed by atoms with Gasteiger partial charge in [-0.1, -0.05) is 0 Å². The average molecular weight is 97.1 g/mol. The fraction of sp³-hybridized carbons (Fsp3) is 0.600. The second-order valence-electron chi connectivity index (χ2n) is 1.61. The van der Waals surface area contributed by atoms with Crippen molar-refractivity contribution in [2.24, 2.45) is 0 Å². The summed E-state index contributed by atoms with van der Waals surface area (Å²) in [5, 5.41) is 2.90. The molecule has 0 unspecified atom stereocenters. The van der Waals surface area contributed by atoms with Crippen molar-refractivity contribution in [2.45, 2.75) is 12.8 Å². The zero-order valence-electron chi connectivity index (χ0n) is 4.03. The van der Waals surface area contributed by atoms with Gasteiger partial charge in [0.05, 0.1) is 5.70 Å². The van der Waals surface area contributed by atoms with Crippen LogP contribution in [0.2, 0.25) is 0 Å². The molecule has 0 atom stereocenters. The van der Waals surface area contributed by atoms with Gasteiger partial charge in [-0.25, -0.2) is 4.79 Å². The predicted octanol–water partition coefficient (Wildman–Crippen LogP) is 0.0853. The van der Waals surface area contributed by atoms with Crippen LogP contribution < -0.4 is 5.32 Å². The Morgan fingerprint density at radius 3 is 2.86 bits per heavy atom. The van der Waals surface area contributed by atoms with Crippen molar-refractivity contribution < 1.29 is 4.79 Å². The van der Waals surface area contributed by atoms with Crippen LogP contribution in [0, 0.1) is 0 Å². The molecular formula is C5H7NO. The molecule has 2 heteroatoms. The maximum absolute atomic E-state index is 9.78. The van der Waals surface area contributed by atoms with E-state index >= 15 is 0 Å². The first-order valence-corrected chi connectivity index (χ1v) is 2.41. The minimum Gasteiger partial charge on any atom is -0.379 e. The third-order valence-electron chi connectivity index (χ3n) is 1.07. The van der Waals surface area contributed by atoms with Gasteiger partial charge in [-0.2, -0.15) is 0 Å². The maximum Gasteiger partial charge on any atom is 0.145 e. The number of hydrogen-bond acceptors (Lipinski definition) is 2. The van der Waals surface area contributed by atoms with Gasteiger partial charge < -0.3 is 5.32 Å². The minimum absolute atomic E-state index is 0.736. The summed E-state index contributed by atoms with van der Waals surface area (Å²) >= 11 is 0. The molecule has 0 saturated carbocycles. The van der Waals surface area contributed by atoms with Crippen molar-refractivity contribution >= 4 is 5.94 Å². The highest BCUT2D eigenvalue weighted by Gasteiger charge is 2.03. The average Bonchev–Trinajstić information content (AvgIpc) is 2.14. The van der Waals surface area contributed by atoms with Crippen LogP contribution in [0.4, 0.5) is 0 Å². The van der Waals surface area contributed by atoms with Gasteiger partial charge >= 0.3 is 0 Å². The highest BCUT2D eigenvalue weighted by Crippen LogP contribution is 2.03. The summed E-state index contributed by atoms with van der Waals surface area (Å²) in [6.45, 7) is 0.949. The summed E-state index contributed by atoms with van der Waals surface area (Å²) in [6, 6.07) is 0. The molecule has 0 aromatic rings. The Morgan fingerprint density at radius 1 is 1.71 bits per heavy atom. The molecule has 0 spiro atoms. The Hall–Kier alpha value is -0.750. The Kier molecular flexibility index (Phi) is 1.14. The molecule has 0 aromatic heterocycles. The number of rotatable bonds is 0. The summed E-state index contributed by atoms with van der Waals surface area (Å²) in [5.74, 6) is 1.82. The number of nitrogens with one attached hydrogen (secondary N) is 1. The first kappa shape index (κ1) is 4.41. The van der Waals surface area contributed by atoms with E-state index < -0.39 is 0 Å². The molecule has 1 aliphatic heterocycles. The van der Waals surface area contributed by atoms with Gasteiger partial charge in [0.15, 0.2) is 0 Å². The SMILES string of the molecule is O=C=C1CCCN1. The molecular weight excluding hydrogens is 90.1 g/mol. The lowest BCUT2D eigenvalue weighted by atomic mass is 10.3. The standard InChI is InChI=1S/C5H7NO/c7-4-5-2-1-3-6-5/h6H,1-3H2. The quantitative estimate of drug-likeness (QED) is 0.434. The van der Waals surface area contributed by atoms with E-state index in [9.17, 15) is 4.79 Å². The van der Waals surface area contributed by atoms with Crippen LogP contribution in [0.1, 0.15) is 12.8 Å². The molecule has 1 N–H and O–H groups in total. The molecule has 1 fully saturated rings. The van der Waals surface area contributed by atoms with Gasteiger partial charge in [0.1, 0.15) is 5.94 Å². The van der Waals surface area contributed by atoms with Crippen molar-refractivity contribution in [2.75, 3.05) is 6.54 Å². The van der Waals surface area contributed by atoms with Gasteiger partial charge in [0, 0.05) is 6.54 Å². The normalized spacial score (nSPS) is 18.6. The predicted molar refractivity (Wildman–Crippen MR) is 26.4 cm³/mol. The van der Waals surface area contributed by atoms with Crippen molar-refractivity contribution in [3.63, 3.8) is 0 Å². The Bertz CT molecular complexity index is 105. The molecule has 1 heterocycles. The third kappa shape index (κ3) is 0.815. The van der Waals surface area contributed by atoms with Crippen LogP contribution in [0.3, 0.4) is 0 Å². The van der Waals surface area contributed by atoms with Crippen LogP contribution >= 0.6 is 0 Å². The van der Waals surface area contributed by atoms with E-state index in [2.05, 4.69) is 5.32 Å². The van der Waals surface area contributed by atoms with E-state index in [1.54, 1.807) is 0 Å². The Labute approximate surface area is 42.2 Å². The van der Waals surface area contributed by atoms with Crippen LogP contribution in [0.5, 0.6) is 0 Å². The molecule has 0 aromatic carbocycles. The minimum atomic E-state index is 0.736. The molecule has 1 rings (SSSR count). The first-order chi connectivity index (χ1) is 3.43. The third-order valence-corrected chi connectivity index (χ3v) is 1.07. The van der Waals surface area contributed by atoms with Crippen LogP contribution in [0.25, 0.3) is 0 Å². The van der Waals surface area contributed by atoms with Crippen molar-refractivity contribution in [3.8, 4) is 0 Å². The summed E-state index contributed by atoms with van der Waals surface area (Å²) in [5.41, 5.74) is 0.736. The molecule has 0 aliphatic carbocycles. The molecule has 7 heavy (non-hydrogen) atoms. The molecule has 38 valence electrons. The molecule has 2 nitrogen and oxygen atoms in total. The Morgan fingerprint density at radius 2 is 2.57 bits per heavy atom. The van der Waals surface area contributed by atoms with E-state index in [0.29, 0.717) is 0 Å². The largest absolute Gasteiger partial charge is 0.379 e. The van der Waals surface area contributed by atoms with E-state index in [-0.39, 0.29) is 0 Å². The zero-order chi connectivity index (χ0) is 5.11. The van der Waals surface area contributed by atoms with Gasteiger partial charge in [-0.15, -0.1) is 0 Å². The topological polar surface area (TPSA) is 29.1 Å². The molecule has 0 bridgehead atoms. The monoisotopic (exact) mass is 97.1 g/mol. The van der Waals surface area contributed by atoms with Crippen LogP contribution in [0.15, 0.2) is 5.70 Å². The second kappa shape index (κ2) is 1.80. The Balaban J connectivity index is 2.57. The van der Waals surface area contributed by atoms with Crippen molar-refractivity contribution in [1.82, 2.24) is 5.32 Å². The van der Waals surface area contributed by atoms with Gasteiger partial charge in [0.2, 0.25) is 0 Å². The number of allylic oxidation sites excluding steroid dienone is 1. The van der Waals surface area contributed by atoms with E-state index in [4.69, 9.17) is 0 Å². The lowest BCUT2D eigenvalue weighted by Crippen LogP contribution is -2.03. The van der Waals surface area contributed by atoms with Crippen LogP contribution in [-0.2, 0) is 4.79 Å². The maximum atomic E-state index is 9.78. The fourth-order valence-corrected chi connectivity index (χ4v) is 0.680. The summed E-state index contributed by atoms with van der Waals surface area (Å²) in [6.07, 6.45) is 1.98. The summed E-state index contributed by atoms with van der Waals surface area (Å²) < 4.78 is 0. The fourth-order valence-electron chi connectivity index (χ4n) is 0.680. The van der Waals surface area contributed by atoms with E-state index in [1.807, 2.05) is 5.94 Å². The number of hydrogen-bond donors (Lipinski definition) is 1.